The zero-order valence-corrected chi connectivity index (χ0v) is 18.4. The standard InChI is InChI=1S/C24H35N3O2/c1-16(2)22-13-20(18(4)12-21(22)15-27(5)10-11-28)14-23-25-26-24(29-23)19-8-6-17(3)7-9-19/h6-9,12,16,20-22,28H,10-11,13-15H2,1-5H3/t20-,21-,22-/m0/s1. The van der Waals surface area contributed by atoms with Crippen LogP contribution in [0.5, 0.6) is 0 Å². The second-order valence-corrected chi connectivity index (χ2v) is 8.97. The van der Waals surface area contributed by atoms with Gasteiger partial charge in [-0.05, 0) is 63.1 Å². The highest BCUT2D eigenvalue weighted by molar-refractivity contribution is 5.52. The number of aliphatic hydroxyl groups excluding tert-OH is 1. The van der Waals surface area contributed by atoms with E-state index in [0.29, 0.717) is 29.6 Å². The first-order valence-corrected chi connectivity index (χ1v) is 10.7. The summed E-state index contributed by atoms with van der Waals surface area (Å²) in [6.07, 6.45) is 4.38. The van der Waals surface area contributed by atoms with Crippen molar-refractivity contribution in [2.75, 3.05) is 26.7 Å². The molecule has 5 heteroatoms. The maximum atomic E-state index is 9.22. The SMILES string of the molecule is CC1=C[C@@H](CN(C)CCO)[C@H](C(C)C)C[C@H]1Cc1nnc(-c2ccc(C)cc2)o1. The van der Waals surface area contributed by atoms with E-state index in [1.54, 1.807) is 0 Å². The lowest BCUT2D eigenvalue weighted by Gasteiger charge is -2.38. The van der Waals surface area contributed by atoms with Gasteiger partial charge >= 0.3 is 0 Å². The van der Waals surface area contributed by atoms with Crippen molar-refractivity contribution in [1.82, 2.24) is 15.1 Å². The molecule has 1 heterocycles. The molecule has 3 atom stereocenters. The molecule has 1 aliphatic rings. The molecule has 1 N–H and O–H groups in total. The molecule has 29 heavy (non-hydrogen) atoms. The predicted octanol–water partition coefficient (Wildman–Crippen LogP) is 4.37. The maximum Gasteiger partial charge on any atom is 0.247 e. The van der Waals surface area contributed by atoms with Crippen molar-refractivity contribution in [3.8, 4) is 11.5 Å². The highest BCUT2D eigenvalue weighted by Gasteiger charge is 2.33. The molecule has 0 radical (unpaired) electrons. The van der Waals surface area contributed by atoms with Crippen molar-refractivity contribution in [3.63, 3.8) is 0 Å². The minimum atomic E-state index is 0.210. The van der Waals surface area contributed by atoms with Crippen molar-refractivity contribution < 1.29 is 9.52 Å². The first kappa shape index (κ1) is 21.7. The van der Waals surface area contributed by atoms with E-state index < -0.39 is 0 Å². The van der Waals surface area contributed by atoms with E-state index in [4.69, 9.17) is 4.42 Å². The molecule has 0 spiro atoms. The summed E-state index contributed by atoms with van der Waals surface area (Å²) in [7, 11) is 2.09. The number of hydrogen-bond donors (Lipinski definition) is 1. The van der Waals surface area contributed by atoms with Gasteiger partial charge in [0.15, 0.2) is 0 Å². The molecular formula is C24H35N3O2. The monoisotopic (exact) mass is 397 g/mol. The van der Waals surface area contributed by atoms with E-state index in [1.807, 2.05) is 12.1 Å². The fourth-order valence-corrected chi connectivity index (χ4v) is 4.47. The van der Waals surface area contributed by atoms with Gasteiger partial charge < -0.3 is 14.4 Å². The van der Waals surface area contributed by atoms with Crippen LogP contribution in [0, 0.1) is 30.6 Å². The second kappa shape index (κ2) is 9.68. The zero-order valence-electron chi connectivity index (χ0n) is 18.4. The van der Waals surface area contributed by atoms with Crippen molar-refractivity contribution >= 4 is 0 Å². The van der Waals surface area contributed by atoms with E-state index in [9.17, 15) is 5.11 Å². The Kier molecular flexibility index (Phi) is 7.25. The Labute approximate surface area is 174 Å². The average Bonchev–Trinajstić information content (AvgIpc) is 3.13. The minimum Gasteiger partial charge on any atom is -0.421 e. The van der Waals surface area contributed by atoms with Crippen LogP contribution in [-0.2, 0) is 6.42 Å². The fraction of sp³-hybridized carbons (Fsp3) is 0.583. The van der Waals surface area contributed by atoms with Gasteiger partial charge in [0.2, 0.25) is 11.8 Å². The van der Waals surface area contributed by atoms with Crippen LogP contribution in [0.25, 0.3) is 11.5 Å². The summed E-state index contributed by atoms with van der Waals surface area (Å²) in [6.45, 7) is 10.9. The van der Waals surface area contributed by atoms with Crippen LogP contribution in [0.3, 0.4) is 0 Å². The second-order valence-electron chi connectivity index (χ2n) is 8.97. The Morgan fingerprint density at radius 3 is 2.55 bits per heavy atom. The average molecular weight is 398 g/mol. The van der Waals surface area contributed by atoms with Gasteiger partial charge in [0.05, 0.1) is 6.61 Å². The molecule has 2 aromatic rings. The fourth-order valence-electron chi connectivity index (χ4n) is 4.47. The Morgan fingerprint density at radius 2 is 1.90 bits per heavy atom. The zero-order chi connectivity index (χ0) is 21.0. The molecule has 3 rings (SSSR count). The van der Waals surface area contributed by atoms with E-state index in [-0.39, 0.29) is 6.61 Å². The molecule has 0 amide bonds. The van der Waals surface area contributed by atoms with Gasteiger partial charge in [-0.1, -0.05) is 43.2 Å². The van der Waals surface area contributed by atoms with E-state index in [0.717, 1.165) is 37.4 Å². The molecule has 158 valence electrons. The lowest BCUT2D eigenvalue weighted by Crippen LogP contribution is -2.36. The molecular weight excluding hydrogens is 362 g/mol. The quantitative estimate of drug-likeness (QED) is 0.670. The Hall–Kier alpha value is -1.98. The van der Waals surface area contributed by atoms with Crippen LogP contribution >= 0.6 is 0 Å². The summed E-state index contributed by atoms with van der Waals surface area (Å²) in [5.41, 5.74) is 3.60. The molecule has 0 unspecified atom stereocenters. The van der Waals surface area contributed by atoms with Gasteiger partial charge in [0.1, 0.15) is 0 Å². The number of allylic oxidation sites excluding steroid dienone is 1. The maximum absolute atomic E-state index is 9.22. The minimum absolute atomic E-state index is 0.210. The molecule has 0 aliphatic heterocycles. The van der Waals surface area contributed by atoms with Gasteiger partial charge in [-0.3, -0.25) is 0 Å². The topological polar surface area (TPSA) is 62.4 Å². The van der Waals surface area contributed by atoms with Crippen molar-refractivity contribution in [3.05, 3.63) is 47.4 Å². The van der Waals surface area contributed by atoms with Crippen LogP contribution in [0.1, 0.15) is 38.6 Å². The summed E-state index contributed by atoms with van der Waals surface area (Å²) in [5, 5.41) is 17.8. The Bertz CT molecular complexity index is 810. The van der Waals surface area contributed by atoms with Gasteiger partial charge in [-0.15, -0.1) is 10.2 Å². The van der Waals surface area contributed by atoms with Gasteiger partial charge in [0, 0.05) is 25.1 Å². The van der Waals surface area contributed by atoms with Crippen LogP contribution in [0.4, 0.5) is 0 Å². The van der Waals surface area contributed by atoms with E-state index in [2.05, 4.69) is 68.0 Å². The lowest BCUT2D eigenvalue weighted by molar-refractivity contribution is 0.156. The normalized spacial score (nSPS) is 22.3. The molecule has 1 aromatic heterocycles. The number of hydrogen-bond acceptors (Lipinski definition) is 5. The van der Waals surface area contributed by atoms with Crippen LogP contribution < -0.4 is 0 Å². The Morgan fingerprint density at radius 1 is 1.17 bits per heavy atom. The number of likely N-dealkylation sites (N-methyl/N-ethyl adjacent to an activating group) is 1. The third-order valence-electron chi connectivity index (χ3n) is 6.27. The summed E-state index contributed by atoms with van der Waals surface area (Å²) < 4.78 is 5.99. The molecule has 1 aromatic carbocycles. The largest absolute Gasteiger partial charge is 0.421 e. The van der Waals surface area contributed by atoms with Crippen molar-refractivity contribution in [1.29, 1.82) is 0 Å². The number of benzene rings is 1. The molecule has 5 nitrogen and oxygen atoms in total. The van der Waals surface area contributed by atoms with E-state index in [1.165, 1.54) is 11.1 Å². The third-order valence-corrected chi connectivity index (χ3v) is 6.27. The number of aromatic nitrogens is 2. The van der Waals surface area contributed by atoms with Gasteiger partial charge in [-0.25, -0.2) is 0 Å². The Balaban J connectivity index is 1.72. The molecule has 0 fully saturated rings. The first-order valence-electron chi connectivity index (χ1n) is 10.7. The van der Waals surface area contributed by atoms with Crippen LogP contribution in [-0.4, -0.2) is 46.9 Å². The molecule has 0 bridgehead atoms. The van der Waals surface area contributed by atoms with Crippen molar-refractivity contribution in [2.24, 2.45) is 23.7 Å². The van der Waals surface area contributed by atoms with Gasteiger partial charge in [0.25, 0.3) is 0 Å². The number of nitrogens with zero attached hydrogens (tertiary/aromatic N) is 3. The summed E-state index contributed by atoms with van der Waals surface area (Å²) in [6, 6.07) is 8.18. The van der Waals surface area contributed by atoms with Crippen molar-refractivity contribution in [2.45, 2.75) is 40.5 Å². The first-order chi connectivity index (χ1) is 13.9. The van der Waals surface area contributed by atoms with Crippen LogP contribution in [0.15, 0.2) is 40.3 Å². The lowest BCUT2D eigenvalue weighted by atomic mass is 9.69. The number of aliphatic hydroxyl groups is 1. The number of aryl methyl sites for hydroxylation is 1. The van der Waals surface area contributed by atoms with E-state index >= 15 is 0 Å². The highest BCUT2D eigenvalue weighted by Crippen LogP contribution is 2.39. The summed E-state index contributed by atoms with van der Waals surface area (Å²) in [4.78, 5) is 2.23. The van der Waals surface area contributed by atoms with Crippen LogP contribution in [0.2, 0.25) is 0 Å². The third kappa shape index (κ3) is 5.55. The van der Waals surface area contributed by atoms with Gasteiger partial charge in [-0.2, -0.15) is 0 Å². The number of rotatable bonds is 8. The summed E-state index contributed by atoms with van der Waals surface area (Å²) >= 11 is 0. The summed E-state index contributed by atoms with van der Waals surface area (Å²) in [5.74, 6) is 3.50. The predicted molar refractivity (Wildman–Crippen MR) is 116 cm³/mol. The highest BCUT2D eigenvalue weighted by atomic mass is 16.4. The smallest absolute Gasteiger partial charge is 0.247 e. The molecule has 0 saturated heterocycles. The molecule has 0 saturated carbocycles. The molecule has 1 aliphatic carbocycles.